The highest BCUT2D eigenvalue weighted by Crippen LogP contribution is 2.24. The fourth-order valence-electron chi connectivity index (χ4n) is 3.51. The van der Waals surface area contributed by atoms with Gasteiger partial charge in [0.25, 0.3) is 5.56 Å². The average Bonchev–Trinajstić information content (AvgIpc) is 3.11. The largest absolute Gasteiger partial charge is 0.337 e. The predicted octanol–water partition coefficient (Wildman–Crippen LogP) is 4.31. The van der Waals surface area contributed by atoms with Gasteiger partial charge in [0.2, 0.25) is 0 Å². The summed E-state index contributed by atoms with van der Waals surface area (Å²) in [4.78, 5) is 22.3. The standard InChI is InChI=1S/C21H24N4OS/c1-24-14-12-22-19(24)15-27-21-23-18-10-6-5-9-17(18)20(26)25(21)13-11-16-7-3-2-4-8-16/h5-7,9-10,12,14H,2-4,8,11,13,15H2,1H3. The normalized spacial score (nSPS) is 14.5. The fraction of sp³-hybridized carbons (Fsp3) is 0.381. The molecule has 0 radical (unpaired) electrons. The van der Waals surface area contributed by atoms with Crippen LogP contribution in [0.25, 0.3) is 10.9 Å². The van der Waals surface area contributed by atoms with Gasteiger partial charge in [-0.25, -0.2) is 9.97 Å². The van der Waals surface area contributed by atoms with E-state index in [9.17, 15) is 4.79 Å². The van der Waals surface area contributed by atoms with Crippen molar-refractivity contribution in [3.63, 3.8) is 0 Å². The number of aromatic nitrogens is 4. The van der Waals surface area contributed by atoms with Gasteiger partial charge in [-0.3, -0.25) is 9.36 Å². The Hall–Kier alpha value is -2.34. The Kier molecular flexibility index (Phi) is 5.43. The van der Waals surface area contributed by atoms with Crippen molar-refractivity contribution in [3.05, 3.63) is 64.5 Å². The van der Waals surface area contributed by atoms with Crippen LogP contribution in [0.15, 0.2) is 58.3 Å². The number of rotatable bonds is 6. The Bertz CT molecular complexity index is 1030. The summed E-state index contributed by atoms with van der Waals surface area (Å²) in [7, 11) is 1.99. The summed E-state index contributed by atoms with van der Waals surface area (Å²) >= 11 is 1.58. The number of allylic oxidation sites excluding steroid dienone is 2. The van der Waals surface area contributed by atoms with E-state index in [4.69, 9.17) is 4.98 Å². The van der Waals surface area contributed by atoms with E-state index < -0.39 is 0 Å². The fourth-order valence-corrected chi connectivity index (χ4v) is 4.54. The maximum atomic E-state index is 13.1. The lowest BCUT2D eigenvalue weighted by Gasteiger charge is -2.16. The molecule has 0 saturated carbocycles. The van der Waals surface area contributed by atoms with Crippen LogP contribution in [0.5, 0.6) is 0 Å². The summed E-state index contributed by atoms with van der Waals surface area (Å²) in [5, 5.41) is 1.47. The van der Waals surface area contributed by atoms with E-state index in [0.717, 1.165) is 29.3 Å². The average molecular weight is 381 g/mol. The van der Waals surface area contributed by atoms with Gasteiger partial charge in [0.15, 0.2) is 5.16 Å². The molecular weight excluding hydrogens is 356 g/mol. The molecule has 27 heavy (non-hydrogen) atoms. The van der Waals surface area contributed by atoms with Crippen LogP contribution >= 0.6 is 11.8 Å². The van der Waals surface area contributed by atoms with Crippen molar-refractivity contribution < 1.29 is 0 Å². The number of para-hydroxylation sites is 1. The maximum absolute atomic E-state index is 13.1. The molecule has 1 aromatic carbocycles. The maximum Gasteiger partial charge on any atom is 0.262 e. The lowest BCUT2D eigenvalue weighted by Crippen LogP contribution is -2.24. The second-order valence-corrected chi connectivity index (χ2v) is 7.91. The number of nitrogens with zero attached hydrogens (tertiary/aromatic N) is 4. The van der Waals surface area contributed by atoms with Gasteiger partial charge in [-0.05, 0) is 44.2 Å². The molecule has 0 saturated heterocycles. The van der Waals surface area contributed by atoms with Crippen molar-refractivity contribution >= 4 is 22.7 Å². The monoisotopic (exact) mass is 380 g/mol. The van der Waals surface area contributed by atoms with E-state index in [1.54, 1.807) is 18.0 Å². The topological polar surface area (TPSA) is 52.7 Å². The molecule has 2 aromatic heterocycles. The number of fused-ring (bicyclic) bond motifs is 1. The van der Waals surface area contributed by atoms with Gasteiger partial charge >= 0.3 is 0 Å². The summed E-state index contributed by atoms with van der Waals surface area (Å²) < 4.78 is 3.86. The Morgan fingerprint density at radius 1 is 1.22 bits per heavy atom. The zero-order chi connectivity index (χ0) is 18.6. The van der Waals surface area contributed by atoms with E-state index in [1.807, 2.05) is 46.6 Å². The van der Waals surface area contributed by atoms with E-state index in [2.05, 4.69) is 11.1 Å². The third kappa shape index (κ3) is 4.00. The Morgan fingerprint density at radius 2 is 2.11 bits per heavy atom. The van der Waals surface area contributed by atoms with Crippen molar-refractivity contribution in [1.82, 2.24) is 19.1 Å². The predicted molar refractivity (Wildman–Crippen MR) is 110 cm³/mol. The molecule has 3 aromatic rings. The highest BCUT2D eigenvalue weighted by Gasteiger charge is 2.14. The minimum absolute atomic E-state index is 0.0550. The smallest absolute Gasteiger partial charge is 0.262 e. The molecule has 0 spiro atoms. The molecule has 0 fully saturated rings. The van der Waals surface area contributed by atoms with Crippen LogP contribution in [0.4, 0.5) is 0 Å². The first-order valence-corrected chi connectivity index (χ1v) is 10.5. The molecule has 0 atom stereocenters. The third-order valence-electron chi connectivity index (χ3n) is 5.12. The van der Waals surface area contributed by atoms with Gasteiger partial charge < -0.3 is 4.57 Å². The van der Waals surface area contributed by atoms with Crippen LogP contribution in [-0.2, 0) is 19.3 Å². The lowest BCUT2D eigenvalue weighted by atomic mass is 9.97. The van der Waals surface area contributed by atoms with Crippen LogP contribution in [0.2, 0.25) is 0 Å². The van der Waals surface area contributed by atoms with Crippen molar-refractivity contribution in [2.24, 2.45) is 7.05 Å². The summed E-state index contributed by atoms with van der Waals surface area (Å²) in [5.41, 5.74) is 2.29. The van der Waals surface area contributed by atoms with E-state index in [1.165, 1.54) is 24.8 Å². The Labute approximate surface area is 163 Å². The number of hydrogen-bond acceptors (Lipinski definition) is 4. The second kappa shape index (κ2) is 8.13. The van der Waals surface area contributed by atoms with E-state index in [-0.39, 0.29) is 5.56 Å². The Balaban J connectivity index is 1.65. The van der Waals surface area contributed by atoms with Crippen LogP contribution in [-0.4, -0.2) is 19.1 Å². The van der Waals surface area contributed by atoms with Crippen LogP contribution in [0, 0.1) is 0 Å². The summed E-state index contributed by atoms with van der Waals surface area (Å²) in [6, 6.07) is 7.61. The molecule has 140 valence electrons. The first-order valence-electron chi connectivity index (χ1n) is 9.49. The zero-order valence-electron chi connectivity index (χ0n) is 15.6. The molecule has 6 heteroatoms. The van der Waals surface area contributed by atoms with Gasteiger partial charge in [0.1, 0.15) is 5.82 Å². The van der Waals surface area contributed by atoms with Crippen molar-refractivity contribution in [1.29, 1.82) is 0 Å². The summed E-state index contributed by atoms with van der Waals surface area (Å²) in [5.74, 6) is 1.67. The number of hydrogen-bond donors (Lipinski definition) is 0. The highest BCUT2D eigenvalue weighted by molar-refractivity contribution is 7.98. The highest BCUT2D eigenvalue weighted by atomic mass is 32.2. The summed E-state index contributed by atoms with van der Waals surface area (Å²) in [6.45, 7) is 0.686. The molecule has 0 aliphatic heterocycles. The van der Waals surface area contributed by atoms with Crippen LogP contribution < -0.4 is 5.56 Å². The summed E-state index contributed by atoms with van der Waals surface area (Å²) in [6.07, 6.45) is 11.9. The van der Waals surface area contributed by atoms with E-state index >= 15 is 0 Å². The molecule has 0 amide bonds. The minimum Gasteiger partial charge on any atom is -0.337 e. The third-order valence-corrected chi connectivity index (χ3v) is 6.09. The van der Waals surface area contributed by atoms with Gasteiger partial charge in [-0.15, -0.1) is 0 Å². The molecule has 1 aliphatic rings. The van der Waals surface area contributed by atoms with Crippen LogP contribution in [0.1, 0.15) is 37.9 Å². The number of thioether (sulfide) groups is 1. The molecular formula is C21H24N4OS. The first-order chi connectivity index (χ1) is 13.2. The van der Waals surface area contributed by atoms with Crippen molar-refractivity contribution in [3.8, 4) is 0 Å². The van der Waals surface area contributed by atoms with Crippen LogP contribution in [0.3, 0.4) is 0 Å². The lowest BCUT2D eigenvalue weighted by molar-refractivity contribution is 0.569. The van der Waals surface area contributed by atoms with Gasteiger partial charge in [-0.2, -0.15) is 0 Å². The quantitative estimate of drug-likeness (QED) is 0.363. The molecule has 5 nitrogen and oxygen atoms in total. The molecule has 4 rings (SSSR count). The van der Waals surface area contributed by atoms with Gasteiger partial charge in [0.05, 0.1) is 16.7 Å². The number of benzene rings is 1. The first kappa shape index (κ1) is 18.0. The molecule has 0 unspecified atom stereocenters. The molecule has 2 heterocycles. The molecule has 0 N–H and O–H groups in total. The molecule has 0 bridgehead atoms. The zero-order valence-corrected chi connectivity index (χ0v) is 16.4. The van der Waals surface area contributed by atoms with E-state index in [0.29, 0.717) is 17.7 Å². The molecule has 1 aliphatic carbocycles. The van der Waals surface area contributed by atoms with Gasteiger partial charge in [-0.1, -0.05) is 35.5 Å². The SMILES string of the molecule is Cn1ccnc1CSc1nc2ccccc2c(=O)n1CCC1=CCCCC1. The Morgan fingerprint density at radius 3 is 2.89 bits per heavy atom. The van der Waals surface area contributed by atoms with Crippen molar-refractivity contribution in [2.75, 3.05) is 0 Å². The van der Waals surface area contributed by atoms with Crippen molar-refractivity contribution in [2.45, 2.75) is 49.6 Å². The number of imidazole rings is 1. The van der Waals surface area contributed by atoms with Gasteiger partial charge in [0, 0.05) is 26.0 Å². The minimum atomic E-state index is 0.0550. The number of aryl methyl sites for hydroxylation is 1. The second-order valence-electron chi connectivity index (χ2n) is 6.97.